The molecule has 0 amide bonds. The molecule has 0 aromatic carbocycles. The minimum Gasteiger partial charge on any atom is -0.375 e. The quantitative estimate of drug-likeness (QED) is 0.322. The second-order valence-electron chi connectivity index (χ2n) is 6.49. The number of hydrazine groups is 1. The van der Waals surface area contributed by atoms with Crippen molar-refractivity contribution in [3.8, 4) is 0 Å². The molecule has 2 aliphatic rings. The van der Waals surface area contributed by atoms with E-state index in [1.165, 1.54) is 32.1 Å². The Kier molecular flexibility index (Phi) is 6.30. The van der Waals surface area contributed by atoms with E-state index in [-0.39, 0.29) is 5.60 Å². The third-order valence-electron chi connectivity index (χ3n) is 5.15. The number of ether oxygens (including phenoxy) is 1. The van der Waals surface area contributed by atoms with Gasteiger partial charge in [-0.15, -0.1) is 0 Å². The number of rotatable bonds is 4. The molecule has 4 N–H and O–H groups in total. The average molecular weight is 296 g/mol. The summed E-state index contributed by atoms with van der Waals surface area (Å²) >= 11 is 0. The van der Waals surface area contributed by atoms with Gasteiger partial charge in [-0.2, -0.15) is 0 Å². The molecule has 1 atom stereocenters. The molecule has 1 heterocycles. The van der Waals surface area contributed by atoms with Crippen LogP contribution in [0.3, 0.4) is 0 Å². The fourth-order valence-electron chi connectivity index (χ4n) is 3.60. The smallest absolute Gasteiger partial charge is 0.206 e. The maximum absolute atomic E-state index is 6.03. The Balaban J connectivity index is 1.92. The van der Waals surface area contributed by atoms with E-state index in [1.807, 2.05) is 0 Å². The lowest BCUT2D eigenvalue weighted by Gasteiger charge is -2.40. The van der Waals surface area contributed by atoms with Crippen molar-refractivity contribution in [3.05, 3.63) is 0 Å². The Labute approximate surface area is 129 Å². The van der Waals surface area contributed by atoms with Crippen molar-refractivity contribution in [1.29, 1.82) is 0 Å². The summed E-state index contributed by atoms with van der Waals surface area (Å²) in [4.78, 5) is 4.78. The third kappa shape index (κ3) is 4.58. The van der Waals surface area contributed by atoms with E-state index in [0.717, 1.165) is 38.2 Å². The van der Waals surface area contributed by atoms with E-state index in [1.54, 1.807) is 0 Å². The predicted octanol–water partition coefficient (Wildman–Crippen LogP) is 2.47. The van der Waals surface area contributed by atoms with Gasteiger partial charge in [0.2, 0.25) is 5.96 Å². The van der Waals surface area contributed by atoms with Crippen LogP contribution in [0.25, 0.3) is 0 Å². The van der Waals surface area contributed by atoms with E-state index in [9.17, 15) is 0 Å². The zero-order chi connectivity index (χ0) is 15.1. The number of hydrogen-bond donors (Lipinski definition) is 3. The molecule has 1 saturated heterocycles. The van der Waals surface area contributed by atoms with Gasteiger partial charge in [0.05, 0.1) is 11.6 Å². The highest BCUT2D eigenvalue weighted by molar-refractivity contribution is 5.79. The average Bonchev–Trinajstić information content (AvgIpc) is 2.55. The number of nitrogens with one attached hydrogen (secondary N) is 2. The largest absolute Gasteiger partial charge is 0.375 e. The lowest BCUT2D eigenvalue weighted by Crippen LogP contribution is -2.52. The first-order chi connectivity index (χ1) is 10.2. The van der Waals surface area contributed by atoms with Crippen molar-refractivity contribution in [1.82, 2.24) is 10.7 Å². The molecule has 5 heteroatoms. The molecule has 1 saturated carbocycles. The number of nitrogens with zero attached hydrogens (tertiary/aromatic N) is 1. The van der Waals surface area contributed by atoms with E-state index in [0.29, 0.717) is 12.1 Å². The van der Waals surface area contributed by atoms with Crippen LogP contribution in [0.2, 0.25) is 0 Å². The SMILES string of the molecule is CCC1(CC)CC(NC(=NC2CCCCC2)NN)CCO1. The first kappa shape index (κ1) is 16.6. The number of guanidine groups is 1. The number of nitrogens with two attached hydrogens (primary N) is 1. The van der Waals surface area contributed by atoms with Gasteiger partial charge < -0.3 is 10.1 Å². The zero-order valence-electron chi connectivity index (χ0n) is 13.7. The van der Waals surface area contributed by atoms with Gasteiger partial charge >= 0.3 is 0 Å². The highest BCUT2D eigenvalue weighted by atomic mass is 16.5. The van der Waals surface area contributed by atoms with Gasteiger partial charge in [0, 0.05) is 12.6 Å². The van der Waals surface area contributed by atoms with Crippen LogP contribution >= 0.6 is 0 Å². The van der Waals surface area contributed by atoms with Crippen molar-refractivity contribution >= 4 is 5.96 Å². The lowest BCUT2D eigenvalue weighted by atomic mass is 9.86. The maximum atomic E-state index is 6.03. The second kappa shape index (κ2) is 7.99. The van der Waals surface area contributed by atoms with Crippen LogP contribution in [0.15, 0.2) is 4.99 Å². The van der Waals surface area contributed by atoms with Crippen LogP contribution in [-0.2, 0) is 4.74 Å². The topological polar surface area (TPSA) is 71.7 Å². The van der Waals surface area contributed by atoms with E-state index < -0.39 is 0 Å². The predicted molar refractivity (Wildman–Crippen MR) is 87.1 cm³/mol. The maximum Gasteiger partial charge on any atom is 0.206 e. The Morgan fingerprint density at radius 3 is 2.52 bits per heavy atom. The first-order valence-electron chi connectivity index (χ1n) is 8.66. The Morgan fingerprint density at radius 2 is 1.90 bits per heavy atom. The van der Waals surface area contributed by atoms with Crippen LogP contribution in [0, 0.1) is 0 Å². The summed E-state index contributed by atoms with van der Waals surface area (Å²) in [5, 5.41) is 3.51. The van der Waals surface area contributed by atoms with Gasteiger partial charge in [-0.05, 0) is 38.5 Å². The van der Waals surface area contributed by atoms with Gasteiger partial charge in [-0.3, -0.25) is 5.43 Å². The summed E-state index contributed by atoms with van der Waals surface area (Å²) in [5.41, 5.74) is 2.79. The Hall–Kier alpha value is -0.810. The summed E-state index contributed by atoms with van der Waals surface area (Å²) in [6.07, 6.45) is 10.5. The van der Waals surface area contributed by atoms with Crippen molar-refractivity contribution in [2.45, 2.75) is 89.3 Å². The molecule has 1 aliphatic carbocycles. The molecule has 1 aliphatic heterocycles. The Morgan fingerprint density at radius 1 is 1.19 bits per heavy atom. The summed E-state index contributed by atoms with van der Waals surface area (Å²) in [5.74, 6) is 6.42. The molecule has 0 radical (unpaired) electrons. The molecule has 0 aromatic heterocycles. The summed E-state index contributed by atoms with van der Waals surface area (Å²) in [6.45, 7) is 5.24. The fourth-order valence-corrected chi connectivity index (χ4v) is 3.60. The summed E-state index contributed by atoms with van der Waals surface area (Å²) in [7, 11) is 0. The zero-order valence-corrected chi connectivity index (χ0v) is 13.7. The van der Waals surface area contributed by atoms with Crippen molar-refractivity contribution in [2.75, 3.05) is 6.61 Å². The standard InChI is InChI=1S/C16H32N4O/c1-3-16(4-2)12-14(10-11-21-16)19-15(20-17)18-13-8-6-5-7-9-13/h13-14H,3-12,17H2,1-2H3,(H2,18,19,20). The molecular formula is C16H32N4O. The summed E-state index contributed by atoms with van der Waals surface area (Å²) in [6, 6.07) is 0.830. The van der Waals surface area contributed by atoms with Crippen LogP contribution in [0.1, 0.15) is 71.6 Å². The first-order valence-corrected chi connectivity index (χ1v) is 8.66. The second-order valence-corrected chi connectivity index (χ2v) is 6.49. The van der Waals surface area contributed by atoms with Gasteiger partial charge in [-0.25, -0.2) is 10.8 Å². The number of hydrogen-bond acceptors (Lipinski definition) is 3. The Bertz CT molecular complexity index is 335. The van der Waals surface area contributed by atoms with Crippen molar-refractivity contribution < 1.29 is 4.74 Å². The summed E-state index contributed by atoms with van der Waals surface area (Å²) < 4.78 is 6.03. The van der Waals surface area contributed by atoms with Crippen LogP contribution in [0.5, 0.6) is 0 Å². The van der Waals surface area contributed by atoms with Crippen molar-refractivity contribution in [2.24, 2.45) is 10.8 Å². The lowest BCUT2D eigenvalue weighted by molar-refractivity contribution is -0.0910. The fraction of sp³-hybridized carbons (Fsp3) is 0.938. The van der Waals surface area contributed by atoms with Crippen molar-refractivity contribution in [3.63, 3.8) is 0 Å². The van der Waals surface area contributed by atoms with E-state index in [4.69, 9.17) is 15.6 Å². The molecule has 5 nitrogen and oxygen atoms in total. The molecule has 122 valence electrons. The third-order valence-corrected chi connectivity index (χ3v) is 5.15. The monoisotopic (exact) mass is 296 g/mol. The molecule has 0 bridgehead atoms. The minimum atomic E-state index is 0.0282. The van der Waals surface area contributed by atoms with Gasteiger partial charge in [-0.1, -0.05) is 33.1 Å². The van der Waals surface area contributed by atoms with Gasteiger partial charge in [0.1, 0.15) is 0 Å². The minimum absolute atomic E-state index is 0.0282. The van der Waals surface area contributed by atoms with Crippen LogP contribution in [0.4, 0.5) is 0 Å². The molecule has 0 aromatic rings. The van der Waals surface area contributed by atoms with Gasteiger partial charge in [0.15, 0.2) is 0 Å². The van der Waals surface area contributed by atoms with Crippen LogP contribution in [-0.4, -0.2) is 30.3 Å². The number of aliphatic imine (C=N–C) groups is 1. The molecule has 1 unspecified atom stereocenters. The van der Waals surface area contributed by atoms with E-state index in [2.05, 4.69) is 24.6 Å². The van der Waals surface area contributed by atoms with Gasteiger partial charge in [0.25, 0.3) is 0 Å². The highest BCUT2D eigenvalue weighted by Gasteiger charge is 2.34. The van der Waals surface area contributed by atoms with E-state index >= 15 is 0 Å². The highest BCUT2D eigenvalue weighted by Crippen LogP contribution is 2.31. The normalized spacial score (nSPS) is 27.4. The molecule has 2 fully saturated rings. The molecule has 0 spiro atoms. The molecule has 2 rings (SSSR count). The molecule has 21 heavy (non-hydrogen) atoms. The van der Waals surface area contributed by atoms with Crippen LogP contribution < -0.4 is 16.6 Å². The molecular weight excluding hydrogens is 264 g/mol.